The summed E-state index contributed by atoms with van der Waals surface area (Å²) in [4.78, 5) is 14.1. The van der Waals surface area contributed by atoms with Gasteiger partial charge in [0.25, 0.3) is 0 Å². The summed E-state index contributed by atoms with van der Waals surface area (Å²) in [6.45, 7) is 10.6. The lowest BCUT2D eigenvalue weighted by Gasteiger charge is -2.28. The van der Waals surface area contributed by atoms with E-state index in [1.54, 1.807) is 13.0 Å². The first-order valence-corrected chi connectivity index (χ1v) is 8.04. The molecule has 0 aromatic heterocycles. The molecule has 0 heterocycles. The first-order valence-electron chi connectivity index (χ1n) is 8.04. The molecule has 0 radical (unpaired) electrons. The Morgan fingerprint density at radius 1 is 1.46 bits per heavy atom. The van der Waals surface area contributed by atoms with Gasteiger partial charge in [0, 0.05) is 6.54 Å². The molecule has 1 amide bonds. The molecule has 5 nitrogen and oxygen atoms in total. The van der Waals surface area contributed by atoms with Crippen molar-refractivity contribution in [1.82, 2.24) is 10.2 Å². The van der Waals surface area contributed by atoms with Gasteiger partial charge in [-0.3, -0.25) is 9.69 Å². The molecule has 130 valence electrons. The number of amides is 1. The van der Waals surface area contributed by atoms with Gasteiger partial charge in [-0.2, -0.15) is 5.26 Å². The van der Waals surface area contributed by atoms with Gasteiger partial charge in [0.1, 0.15) is 17.9 Å². The van der Waals surface area contributed by atoms with E-state index >= 15 is 0 Å². The van der Waals surface area contributed by atoms with Crippen LogP contribution in [0.2, 0.25) is 0 Å². The number of carbonyl (C=O) groups is 1. The lowest BCUT2D eigenvalue weighted by Crippen LogP contribution is -2.51. The van der Waals surface area contributed by atoms with E-state index in [9.17, 15) is 10.1 Å². The molecule has 0 unspecified atom stereocenters. The van der Waals surface area contributed by atoms with E-state index in [2.05, 4.69) is 18.0 Å². The van der Waals surface area contributed by atoms with Crippen molar-refractivity contribution in [2.45, 2.75) is 32.9 Å². The summed E-state index contributed by atoms with van der Waals surface area (Å²) in [5, 5.41) is 12.1. The van der Waals surface area contributed by atoms with Crippen LogP contribution in [0.4, 0.5) is 0 Å². The van der Waals surface area contributed by atoms with Crippen LogP contribution in [0.3, 0.4) is 0 Å². The van der Waals surface area contributed by atoms with Crippen LogP contribution in [-0.4, -0.2) is 36.5 Å². The van der Waals surface area contributed by atoms with Gasteiger partial charge in [0.2, 0.25) is 5.91 Å². The van der Waals surface area contributed by atoms with Crippen molar-refractivity contribution in [3.8, 4) is 11.8 Å². The van der Waals surface area contributed by atoms with Crippen molar-refractivity contribution < 1.29 is 9.53 Å². The van der Waals surface area contributed by atoms with Gasteiger partial charge in [0.15, 0.2) is 0 Å². The molecule has 0 bridgehead atoms. The molecular formula is C19H27N3O2. The Bertz CT molecular complexity index is 590. The van der Waals surface area contributed by atoms with Gasteiger partial charge in [-0.05, 0) is 37.6 Å². The van der Waals surface area contributed by atoms with Crippen LogP contribution in [0.25, 0.3) is 0 Å². The summed E-state index contributed by atoms with van der Waals surface area (Å²) in [7, 11) is 1.88. The summed E-state index contributed by atoms with van der Waals surface area (Å²) >= 11 is 0. The zero-order valence-electron chi connectivity index (χ0n) is 15.0. The third kappa shape index (κ3) is 6.05. The fourth-order valence-electron chi connectivity index (χ4n) is 2.09. The molecule has 1 N–H and O–H groups in total. The van der Waals surface area contributed by atoms with Crippen LogP contribution in [-0.2, 0) is 11.3 Å². The zero-order valence-corrected chi connectivity index (χ0v) is 15.0. The van der Waals surface area contributed by atoms with Crippen molar-refractivity contribution in [1.29, 1.82) is 5.26 Å². The maximum absolute atomic E-state index is 12.2. The standard InChI is InChI=1S/C19H27N3O2/c1-6-11-24-17-9-7-16(8-10-17)12-22(5)13-18(23)21-19(4,14-20)15(2)3/h6-10,15H,1,11-13H2,2-5H3,(H,21,23)/t19-/m1/s1. The molecule has 5 heteroatoms. The smallest absolute Gasteiger partial charge is 0.235 e. The number of nitriles is 1. The van der Waals surface area contributed by atoms with Gasteiger partial charge in [0.05, 0.1) is 12.6 Å². The highest BCUT2D eigenvalue weighted by Gasteiger charge is 2.30. The molecule has 0 spiro atoms. The van der Waals surface area contributed by atoms with E-state index in [-0.39, 0.29) is 18.4 Å². The highest BCUT2D eigenvalue weighted by Crippen LogP contribution is 2.15. The fraction of sp³-hybridized carbons (Fsp3) is 0.474. The summed E-state index contributed by atoms with van der Waals surface area (Å²) in [6, 6.07) is 9.93. The Morgan fingerprint density at radius 3 is 2.58 bits per heavy atom. The normalized spacial score (nSPS) is 13.2. The Labute approximate surface area is 144 Å². The lowest BCUT2D eigenvalue weighted by molar-refractivity contribution is -0.123. The molecule has 1 aromatic carbocycles. The highest BCUT2D eigenvalue weighted by molar-refractivity contribution is 5.79. The van der Waals surface area contributed by atoms with Crippen LogP contribution >= 0.6 is 0 Å². The molecule has 0 aliphatic heterocycles. The number of likely N-dealkylation sites (N-methyl/N-ethyl adjacent to an activating group) is 1. The predicted molar refractivity (Wildman–Crippen MR) is 95.5 cm³/mol. The second kappa shape index (κ2) is 9.09. The second-order valence-electron chi connectivity index (χ2n) is 6.43. The average Bonchev–Trinajstić information content (AvgIpc) is 2.53. The summed E-state index contributed by atoms with van der Waals surface area (Å²) in [5.41, 5.74) is 0.241. The minimum atomic E-state index is -0.845. The van der Waals surface area contributed by atoms with E-state index in [4.69, 9.17) is 4.74 Å². The minimum Gasteiger partial charge on any atom is -0.490 e. The molecule has 0 aliphatic carbocycles. The molecule has 0 saturated heterocycles. The molecule has 1 aromatic rings. The topological polar surface area (TPSA) is 65.4 Å². The van der Waals surface area contributed by atoms with Crippen molar-refractivity contribution in [2.24, 2.45) is 5.92 Å². The second-order valence-corrected chi connectivity index (χ2v) is 6.43. The monoisotopic (exact) mass is 329 g/mol. The maximum atomic E-state index is 12.2. The Balaban J connectivity index is 2.53. The highest BCUT2D eigenvalue weighted by atomic mass is 16.5. The number of hydrogen-bond acceptors (Lipinski definition) is 4. The van der Waals surface area contributed by atoms with Crippen LogP contribution in [0.1, 0.15) is 26.3 Å². The van der Waals surface area contributed by atoms with Crippen molar-refractivity contribution in [3.63, 3.8) is 0 Å². The molecular weight excluding hydrogens is 302 g/mol. The SMILES string of the molecule is C=CCOc1ccc(CN(C)CC(=O)N[C@](C)(C#N)C(C)C)cc1. The molecule has 1 atom stereocenters. The van der Waals surface area contributed by atoms with Crippen LogP contribution in [0.5, 0.6) is 5.75 Å². The molecule has 0 fully saturated rings. The van der Waals surface area contributed by atoms with Gasteiger partial charge in [-0.15, -0.1) is 0 Å². The summed E-state index contributed by atoms with van der Waals surface area (Å²) in [6.07, 6.45) is 1.70. The van der Waals surface area contributed by atoms with E-state index < -0.39 is 5.54 Å². The van der Waals surface area contributed by atoms with E-state index in [1.807, 2.05) is 50.1 Å². The van der Waals surface area contributed by atoms with Crippen LogP contribution in [0, 0.1) is 17.2 Å². The summed E-state index contributed by atoms with van der Waals surface area (Å²) in [5.74, 6) is 0.682. The maximum Gasteiger partial charge on any atom is 0.235 e. The third-order valence-electron chi connectivity index (χ3n) is 3.94. The number of nitrogens with zero attached hydrogens (tertiary/aromatic N) is 2. The van der Waals surface area contributed by atoms with Crippen molar-refractivity contribution in [2.75, 3.05) is 20.2 Å². The Morgan fingerprint density at radius 2 is 2.08 bits per heavy atom. The number of hydrogen-bond donors (Lipinski definition) is 1. The quantitative estimate of drug-likeness (QED) is 0.708. The van der Waals surface area contributed by atoms with Crippen molar-refractivity contribution in [3.05, 3.63) is 42.5 Å². The average molecular weight is 329 g/mol. The Hall–Kier alpha value is -2.32. The molecule has 0 saturated carbocycles. The first-order chi connectivity index (χ1) is 11.3. The predicted octanol–water partition coefficient (Wildman–Crippen LogP) is 2.74. The molecule has 24 heavy (non-hydrogen) atoms. The van der Waals surface area contributed by atoms with E-state index in [1.165, 1.54) is 0 Å². The number of rotatable bonds is 9. The third-order valence-corrected chi connectivity index (χ3v) is 3.94. The van der Waals surface area contributed by atoms with Gasteiger partial charge >= 0.3 is 0 Å². The number of carbonyl (C=O) groups excluding carboxylic acids is 1. The molecule has 1 rings (SSSR count). The van der Waals surface area contributed by atoms with Crippen LogP contribution in [0.15, 0.2) is 36.9 Å². The number of nitrogens with one attached hydrogen (secondary N) is 1. The van der Waals surface area contributed by atoms with E-state index in [0.29, 0.717) is 13.2 Å². The summed E-state index contributed by atoms with van der Waals surface area (Å²) < 4.78 is 5.44. The molecule has 0 aliphatic rings. The van der Waals surface area contributed by atoms with Gasteiger partial charge in [-0.25, -0.2) is 0 Å². The zero-order chi connectivity index (χ0) is 18.2. The van der Waals surface area contributed by atoms with Crippen LogP contribution < -0.4 is 10.1 Å². The largest absolute Gasteiger partial charge is 0.490 e. The van der Waals surface area contributed by atoms with Crippen molar-refractivity contribution >= 4 is 5.91 Å². The first kappa shape index (κ1) is 19.7. The van der Waals surface area contributed by atoms with Gasteiger partial charge < -0.3 is 10.1 Å². The van der Waals surface area contributed by atoms with E-state index in [0.717, 1.165) is 11.3 Å². The minimum absolute atomic E-state index is 0.0415. The fourth-order valence-corrected chi connectivity index (χ4v) is 2.09. The van der Waals surface area contributed by atoms with Gasteiger partial charge in [-0.1, -0.05) is 38.6 Å². The Kier molecular flexibility index (Phi) is 7.47. The lowest BCUT2D eigenvalue weighted by atomic mass is 9.90. The number of benzene rings is 1. The number of ether oxygens (including phenoxy) is 1.